The molecule has 24 heavy (non-hydrogen) atoms. The number of aliphatic imine (C=N–C) groups is 1. The average Bonchev–Trinajstić information content (AvgIpc) is 2.81. The number of guanidine groups is 1. The minimum Gasteiger partial charge on any atom is -0.363 e. The van der Waals surface area contributed by atoms with Crippen molar-refractivity contribution in [3.63, 3.8) is 0 Å². The SMILES string of the molecule is CN=C(NCc1ccnc(N(C)C)c1)NCc1c(C)nn(C)c1C. The average molecular weight is 329 g/mol. The molecule has 0 aromatic carbocycles. The van der Waals surface area contributed by atoms with Gasteiger partial charge in [-0.2, -0.15) is 5.10 Å². The molecule has 0 aliphatic heterocycles. The van der Waals surface area contributed by atoms with Crippen LogP contribution in [0.5, 0.6) is 0 Å². The Labute approximate surface area is 143 Å². The summed E-state index contributed by atoms with van der Waals surface area (Å²) in [5.41, 5.74) is 4.58. The lowest BCUT2D eigenvalue weighted by Gasteiger charge is -2.14. The third kappa shape index (κ3) is 4.24. The van der Waals surface area contributed by atoms with E-state index < -0.39 is 0 Å². The molecule has 0 radical (unpaired) electrons. The van der Waals surface area contributed by atoms with Crippen molar-refractivity contribution in [3.8, 4) is 0 Å². The first kappa shape index (κ1) is 17.8. The van der Waals surface area contributed by atoms with Crippen LogP contribution in [0.1, 0.15) is 22.5 Å². The first-order valence-corrected chi connectivity index (χ1v) is 7.98. The maximum absolute atomic E-state index is 4.44. The molecule has 0 atom stereocenters. The van der Waals surface area contributed by atoms with E-state index in [1.807, 2.05) is 49.9 Å². The molecule has 2 aromatic heterocycles. The molecular formula is C17H27N7. The van der Waals surface area contributed by atoms with E-state index in [4.69, 9.17) is 0 Å². The van der Waals surface area contributed by atoms with Crippen LogP contribution in [-0.4, -0.2) is 41.9 Å². The highest BCUT2D eigenvalue weighted by atomic mass is 15.3. The zero-order valence-electron chi connectivity index (χ0n) is 15.4. The van der Waals surface area contributed by atoms with Crippen LogP contribution in [0.4, 0.5) is 5.82 Å². The van der Waals surface area contributed by atoms with E-state index in [-0.39, 0.29) is 0 Å². The standard InChI is InChI=1S/C17H27N7/c1-12-15(13(2)24(6)22-12)11-21-17(18-3)20-10-14-7-8-19-16(9-14)23(4)5/h7-9H,10-11H2,1-6H3,(H2,18,20,21). The molecule has 0 amide bonds. The Balaban J connectivity index is 1.94. The van der Waals surface area contributed by atoms with Gasteiger partial charge in [-0.1, -0.05) is 0 Å². The summed E-state index contributed by atoms with van der Waals surface area (Å²) < 4.78 is 1.91. The molecule has 0 spiro atoms. The highest BCUT2D eigenvalue weighted by Gasteiger charge is 2.09. The summed E-state index contributed by atoms with van der Waals surface area (Å²) in [6, 6.07) is 4.07. The second-order valence-corrected chi connectivity index (χ2v) is 5.97. The van der Waals surface area contributed by atoms with E-state index >= 15 is 0 Å². The van der Waals surface area contributed by atoms with E-state index in [1.54, 1.807) is 7.05 Å². The lowest BCUT2D eigenvalue weighted by molar-refractivity contribution is 0.728. The zero-order valence-corrected chi connectivity index (χ0v) is 15.4. The molecular weight excluding hydrogens is 302 g/mol. The number of anilines is 1. The summed E-state index contributed by atoms with van der Waals surface area (Å²) in [5, 5.41) is 11.1. The van der Waals surface area contributed by atoms with Crippen molar-refractivity contribution >= 4 is 11.8 Å². The quantitative estimate of drug-likeness (QED) is 0.640. The minimum absolute atomic E-state index is 0.689. The molecule has 0 aliphatic carbocycles. The Hall–Kier alpha value is -2.57. The molecule has 0 aliphatic rings. The van der Waals surface area contributed by atoms with Gasteiger partial charge in [-0.3, -0.25) is 9.67 Å². The Morgan fingerprint density at radius 1 is 1.25 bits per heavy atom. The van der Waals surface area contributed by atoms with Crippen LogP contribution in [-0.2, 0) is 20.1 Å². The van der Waals surface area contributed by atoms with E-state index in [2.05, 4.69) is 38.7 Å². The maximum Gasteiger partial charge on any atom is 0.191 e. The van der Waals surface area contributed by atoms with E-state index in [1.165, 1.54) is 11.3 Å². The Kier molecular flexibility index (Phi) is 5.78. The predicted molar refractivity (Wildman–Crippen MR) is 98.3 cm³/mol. The molecule has 7 nitrogen and oxygen atoms in total. The molecule has 2 heterocycles. The van der Waals surface area contributed by atoms with E-state index in [0.29, 0.717) is 13.1 Å². The van der Waals surface area contributed by atoms with Crippen molar-refractivity contribution < 1.29 is 0 Å². The normalized spacial score (nSPS) is 11.5. The minimum atomic E-state index is 0.689. The largest absolute Gasteiger partial charge is 0.363 e. The molecule has 0 unspecified atom stereocenters. The van der Waals surface area contributed by atoms with Crippen LogP contribution < -0.4 is 15.5 Å². The third-order valence-electron chi connectivity index (χ3n) is 4.04. The highest BCUT2D eigenvalue weighted by molar-refractivity contribution is 5.79. The summed E-state index contributed by atoms with van der Waals surface area (Å²) in [6.07, 6.45) is 1.82. The van der Waals surface area contributed by atoms with Crippen LogP contribution in [0.25, 0.3) is 0 Å². The Morgan fingerprint density at radius 2 is 1.96 bits per heavy atom. The lowest BCUT2D eigenvalue weighted by atomic mass is 10.2. The molecule has 0 saturated heterocycles. The third-order valence-corrected chi connectivity index (χ3v) is 4.04. The van der Waals surface area contributed by atoms with Crippen LogP contribution in [0, 0.1) is 13.8 Å². The number of aryl methyl sites for hydroxylation is 2. The van der Waals surface area contributed by atoms with Crippen molar-refractivity contribution in [2.24, 2.45) is 12.0 Å². The number of pyridine rings is 1. The Bertz CT molecular complexity index is 716. The highest BCUT2D eigenvalue weighted by Crippen LogP contribution is 2.11. The van der Waals surface area contributed by atoms with E-state index in [0.717, 1.165) is 23.0 Å². The monoisotopic (exact) mass is 329 g/mol. The summed E-state index contributed by atoms with van der Waals surface area (Å²) >= 11 is 0. The van der Waals surface area contributed by atoms with Gasteiger partial charge >= 0.3 is 0 Å². The fourth-order valence-corrected chi connectivity index (χ4v) is 2.47. The Morgan fingerprint density at radius 3 is 2.54 bits per heavy atom. The fraction of sp³-hybridized carbons (Fsp3) is 0.471. The van der Waals surface area contributed by atoms with E-state index in [9.17, 15) is 0 Å². The number of aromatic nitrogens is 3. The number of nitrogens with one attached hydrogen (secondary N) is 2. The molecule has 0 bridgehead atoms. The van der Waals surface area contributed by atoms with Gasteiger partial charge in [0.15, 0.2) is 5.96 Å². The van der Waals surface area contributed by atoms with Crippen LogP contribution in [0.2, 0.25) is 0 Å². The molecule has 2 N–H and O–H groups in total. The second kappa shape index (κ2) is 7.81. The van der Waals surface area contributed by atoms with Gasteiger partial charge in [-0.05, 0) is 31.5 Å². The number of hydrogen-bond donors (Lipinski definition) is 2. The van der Waals surface area contributed by atoms with Crippen molar-refractivity contribution in [2.75, 3.05) is 26.0 Å². The van der Waals surface area contributed by atoms with Crippen molar-refractivity contribution in [2.45, 2.75) is 26.9 Å². The van der Waals surface area contributed by atoms with Gasteiger partial charge < -0.3 is 15.5 Å². The number of hydrogen-bond acceptors (Lipinski definition) is 4. The summed E-state index contributed by atoms with van der Waals surface area (Å²) in [5.74, 6) is 1.71. The van der Waals surface area contributed by atoms with Gasteiger partial charge in [0.25, 0.3) is 0 Å². The molecule has 2 rings (SSSR count). The van der Waals surface area contributed by atoms with Gasteiger partial charge in [0.2, 0.25) is 0 Å². The maximum atomic E-state index is 4.44. The van der Waals surface area contributed by atoms with Gasteiger partial charge in [-0.25, -0.2) is 4.98 Å². The number of rotatable bonds is 5. The second-order valence-electron chi connectivity index (χ2n) is 5.97. The summed E-state index contributed by atoms with van der Waals surface area (Å²) in [6.45, 7) is 5.49. The number of nitrogens with zero attached hydrogens (tertiary/aromatic N) is 5. The van der Waals surface area contributed by atoms with Gasteiger partial charge in [0, 0.05) is 58.7 Å². The molecule has 130 valence electrons. The van der Waals surface area contributed by atoms with Gasteiger partial charge in [0.05, 0.1) is 5.69 Å². The predicted octanol–water partition coefficient (Wildman–Crippen LogP) is 1.36. The first-order chi connectivity index (χ1) is 11.4. The van der Waals surface area contributed by atoms with Crippen molar-refractivity contribution in [1.82, 2.24) is 25.4 Å². The van der Waals surface area contributed by atoms with Crippen molar-refractivity contribution in [3.05, 3.63) is 40.8 Å². The summed E-state index contributed by atoms with van der Waals surface area (Å²) in [7, 11) is 7.71. The lowest BCUT2D eigenvalue weighted by Crippen LogP contribution is -2.36. The van der Waals surface area contributed by atoms with Crippen LogP contribution in [0.15, 0.2) is 23.3 Å². The first-order valence-electron chi connectivity index (χ1n) is 7.98. The topological polar surface area (TPSA) is 70.4 Å². The zero-order chi connectivity index (χ0) is 17.7. The van der Waals surface area contributed by atoms with Crippen LogP contribution >= 0.6 is 0 Å². The summed E-state index contributed by atoms with van der Waals surface area (Å²) in [4.78, 5) is 10.6. The van der Waals surface area contributed by atoms with Crippen molar-refractivity contribution in [1.29, 1.82) is 0 Å². The molecule has 7 heteroatoms. The van der Waals surface area contributed by atoms with Crippen LogP contribution in [0.3, 0.4) is 0 Å². The van der Waals surface area contributed by atoms with Gasteiger partial charge in [-0.15, -0.1) is 0 Å². The van der Waals surface area contributed by atoms with Gasteiger partial charge in [0.1, 0.15) is 5.82 Å². The molecule has 2 aromatic rings. The fourth-order valence-electron chi connectivity index (χ4n) is 2.47. The molecule has 0 fully saturated rings. The smallest absolute Gasteiger partial charge is 0.191 e. The molecule has 0 saturated carbocycles.